The molecule has 0 saturated carbocycles. The number of allylic oxidation sites excluding steroid dienone is 12. The first-order valence-electron chi connectivity index (χ1n) is 58.8. The number of cyclic esters (lactones) is 1. The molecular weight excluding hydrogens is 1980 g/mol. The summed E-state index contributed by atoms with van der Waals surface area (Å²) in [6, 6.07) is 39.7. The summed E-state index contributed by atoms with van der Waals surface area (Å²) >= 11 is 0. The Morgan fingerprint density at radius 3 is 1.17 bits per heavy atom. The predicted molar refractivity (Wildman–Crippen MR) is 630 cm³/mol. The number of aliphatic carboxylic acids is 1. The zero-order chi connectivity index (χ0) is 108. The van der Waals surface area contributed by atoms with Gasteiger partial charge in [0.25, 0.3) is 0 Å². The van der Waals surface area contributed by atoms with Crippen LogP contribution >= 0.6 is 0 Å². The van der Waals surface area contributed by atoms with E-state index in [4.69, 9.17) is 68.3 Å². The smallest absolute Gasteiger partial charge is 0.407 e. The highest BCUT2D eigenvalue weighted by molar-refractivity contribution is 6.77. The average Bonchev–Trinajstić information content (AvgIpc) is 1.36. The Morgan fingerprint density at radius 1 is 0.390 bits per heavy atom. The molecule has 2 saturated heterocycles. The van der Waals surface area contributed by atoms with Crippen LogP contribution in [0.25, 0.3) is 11.1 Å². The van der Waals surface area contributed by atoms with Gasteiger partial charge in [-0.1, -0.05) is 334 Å². The average molecular weight is 2190 g/mol. The minimum Gasteiger partial charge on any atom is -0.481 e. The molecule has 19 atom stereocenters. The second-order valence-electron chi connectivity index (χ2n) is 43.1. The monoisotopic (exact) mass is 2190 g/mol. The number of nitrogens with one attached hydrogen (secondary N) is 1. The van der Waals surface area contributed by atoms with Gasteiger partial charge in [0, 0.05) is 44.3 Å². The molecule has 6 rings (SSSR count). The minimum atomic E-state index is -2.73. The van der Waals surface area contributed by atoms with Crippen LogP contribution in [-0.4, -0.2) is 209 Å². The van der Waals surface area contributed by atoms with Gasteiger partial charge in [-0.05, 0) is 231 Å². The van der Waals surface area contributed by atoms with E-state index in [2.05, 4.69) is 280 Å². The molecule has 3 aliphatic heterocycles. The maximum absolute atomic E-state index is 15.5. The van der Waals surface area contributed by atoms with Crippen LogP contribution in [0.2, 0.25) is 163 Å². The van der Waals surface area contributed by atoms with Gasteiger partial charge < -0.3 is 78.7 Å². The van der Waals surface area contributed by atoms with Crippen molar-refractivity contribution < 1.29 is 87.7 Å². The first-order chi connectivity index (χ1) is 69.9. The Hall–Kier alpha value is -3.74. The first kappa shape index (κ1) is 131. The molecule has 2 fully saturated rings. The summed E-state index contributed by atoms with van der Waals surface area (Å²) in [6.45, 7) is 70.1. The molecular formula is C117H211NO19Si9. The van der Waals surface area contributed by atoms with Crippen LogP contribution < -0.4 is 5.32 Å². The Morgan fingerprint density at radius 2 is 0.753 bits per heavy atom. The van der Waals surface area contributed by atoms with Gasteiger partial charge in [0.1, 0.15) is 24.7 Å². The molecule has 29 heteroatoms. The van der Waals surface area contributed by atoms with E-state index in [9.17, 15) is 5.11 Å². The van der Waals surface area contributed by atoms with Gasteiger partial charge in [-0.15, -0.1) is 0 Å². The SMILES string of the molecule is CC[Si](CC)(CC)O[C@@H]1CC[C@@H](O[Si](CC)(CC)CC)[C@H](O[Si](CC)(CC)CC)C[C@H](O[Si](CC)(CC)CC)C[C@]2(OC)C[C@H](O[Si](CC)(CC)CC)[C@@H](C(=O)O)C(C[C@@H](O[C@@H]3O[C@H](C)[C@@H](O[Si](CC)(CC)CC)[C@H](NC(=O)OCC4c5ccccc5-c5ccccc54)[C@@H]3O[Si](CC)(CC)CC)/C=C/C=C/C=C/C=C/C=C/C=C/C=C/[C@H](C)[C@@H](O[Si](CC)(CC)CC)[C@@H](C)[C@H](C)OC(=O)C[C@H](O[Si](CC)(CC)CC)C1)O2. The lowest BCUT2D eigenvalue weighted by Crippen LogP contribution is -2.69. The molecule has 0 aromatic heterocycles. The van der Waals surface area contributed by atoms with Crippen molar-refractivity contribution in [3.8, 4) is 11.1 Å². The summed E-state index contributed by atoms with van der Waals surface area (Å²) in [5.74, 6) is -4.37. The maximum Gasteiger partial charge on any atom is 0.407 e. The van der Waals surface area contributed by atoms with Crippen LogP contribution in [0.15, 0.2) is 134 Å². The Labute approximate surface area is 899 Å². The number of rotatable bonds is 52. The molecule has 3 heterocycles. The fourth-order valence-corrected chi connectivity index (χ4v) is 50.1. The molecule has 4 aliphatic rings. The number of esters is 1. The van der Waals surface area contributed by atoms with Gasteiger partial charge >= 0.3 is 18.0 Å². The van der Waals surface area contributed by atoms with Gasteiger partial charge in [0.2, 0.25) is 0 Å². The lowest BCUT2D eigenvalue weighted by molar-refractivity contribution is -0.315. The summed E-state index contributed by atoms with van der Waals surface area (Å²) in [5, 5.41) is 16.0. The standard InChI is InChI=1S/C117H211NO19Si9/c1-33-138(34-2,35-3)129-96-82-83-104(132-141(42-10,43-11)44-12)105(133-142(45-13,46-14)47-15)86-98(131-140(39-7,40-8)41-9)88-117(123-32)89-107(134-143(48-16,49-17)50-18)109(114(120)121)106(128-117)85-95(77-71-69-67-65-63-61-60-62-64-66-68-70-76-91(28)111(135-144(51-19,52-20)53-21)92(29)93(30)125-108(119)87-97(84-96)130-139(36-4,37-5)38-6)127-115-113(137-146(57-25,58-26)59-27)110(112(94(31)126-115)136-145(54-22,55-23)56-24)118-116(122)124-90-103-101-80-74-72-78-99(101)100-79-73-75-81-102(100)103/h60-81,91-98,103-107,109-113,115H,33-59,82-90H2,1-32H3,(H,118,122)(H,120,121)/b61-60+,64-62+,65-63+,68-66+,69-67+,76-70+,77-71+/t91-,92-,93-,94+,95-,96+,97+,98-,104+,105+,106?,107-,109-,110-,111+,112+,113-,115-,117+/m0/s1. The highest BCUT2D eigenvalue weighted by atomic mass is 28.4. The number of benzene rings is 2. The largest absolute Gasteiger partial charge is 0.481 e. The molecule has 0 spiro atoms. The van der Waals surface area contributed by atoms with Crippen LogP contribution in [0.3, 0.4) is 0 Å². The van der Waals surface area contributed by atoms with Crippen LogP contribution in [0.1, 0.15) is 283 Å². The first-order valence-corrected chi connectivity index (χ1v) is 81.5. The normalized spacial score (nSPS) is 28.2. The third-order valence-electron chi connectivity index (χ3n) is 36.7. The summed E-state index contributed by atoms with van der Waals surface area (Å²) < 4.78 is 116. The lowest BCUT2D eigenvalue weighted by atomic mass is 9.82. The van der Waals surface area contributed by atoms with Crippen molar-refractivity contribution in [2.75, 3.05) is 13.7 Å². The van der Waals surface area contributed by atoms with E-state index in [-0.39, 0.29) is 68.2 Å². The molecule has 834 valence electrons. The van der Waals surface area contributed by atoms with E-state index in [0.29, 0.717) is 25.7 Å². The van der Waals surface area contributed by atoms with Gasteiger partial charge in [0.05, 0.1) is 73.5 Å². The van der Waals surface area contributed by atoms with Crippen LogP contribution in [0.4, 0.5) is 4.79 Å². The number of ether oxygens (including phenoxy) is 6. The quantitative estimate of drug-likeness (QED) is 0.0464. The van der Waals surface area contributed by atoms with Crippen molar-refractivity contribution >= 4 is 92.9 Å². The fourth-order valence-electron chi connectivity index (χ4n) is 24.0. The van der Waals surface area contributed by atoms with Crippen molar-refractivity contribution in [2.24, 2.45) is 17.8 Å². The Kier molecular flexibility index (Phi) is 57.5. The molecule has 0 radical (unpaired) electrons. The molecule has 2 aromatic carbocycles. The second kappa shape index (κ2) is 64.1. The number of carbonyl (C=O) groups excluding carboxylic acids is 2. The third kappa shape index (κ3) is 35.4. The van der Waals surface area contributed by atoms with Gasteiger partial charge in [-0.2, -0.15) is 0 Å². The van der Waals surface area contributed by atoms with Gasteiger partial charge in [0.15, 0.2) is 86.9 Å². The molecule has 20 nitrogen and oxygen atoms in total. The van der Waals surface area contributed by atoms with Crippen molar-refractivity contribution in [2.45, 2.75) is 533 Å². The van der Waals surface area contributed by atoms with Crippen LogP contribution in [0.5, 0.6) is 0 Å². The van der Waals surface area contributed by atoms with Crippen molar-refractivity contribution in [3.05, 3.63) is 145 Å². The zero-order valence-corrected chi connectivity index (χ0v) is 107. The van der Waals surface area contributed by atoms with Gasteiger partial charge in [-0.25, -0.2) is 4.79 Å². The molecule has 1 aliphatic carbocycles. The Bertz CT molecular complexity index is 4170. The summed E-state index contributed by atoms with van der Waals surface area (Å²) in [4.78, 5) is 46.4. The highest BCUT2D eigenvalue weighted by Gasteiger charge is 2.58. The molecule has 1 unspecified atom stereocenters. The summed E-state index contributed by atoms with van der Waals surface area (Å²) in [7, 11) is -21.1. The number of carboxylic acids is 1. The lowest BCUT2D eigenvalue weighted by Gasteiger charge is -2.52. The third-order valence-corrected chi connectivity index (χ3v) is 78.8. The predicted octanol–water partition coefficient (Wildman–Crippen LogP) is 32.2. The van der Waals surface area contributed by atoms with E-state index in [1.165, 1.54) is 0 Å². The number of alkyl carbamates (subject to hydrolysis) is 1. The van der Waals surface area contributed by atoms with E-state index in [0.717, 1.165) is 185 Å². The minimum absolute atomic E-state index is 0.0000708. The van der Waals surface area contributed by atoms with E-state index in [1.807, 2.05) is 73.8 Å². The maximum atomic E-state index is 15.5. The number of hydrogen-bond acceptors (Lipinski definition) is 18. The van der Waals surface area contributed by atoms with E-state index < -0.39 is 178 Å². The van der Waals surface area contributed by atoms with Crippen molar-refractivity contribution in [3.63, 3.8) is 0 Å². The fraction of sp³-hybridized carbons (Fsp3) is 0.752. The second-order valence-corrected chi connectivity index (χ2v) is 85.7. The Balaban J connectivity index is 1.75. The summed E-state index contributed by atoms with van der Waals surface area (Å²) in [5.41, 5.74) is 4.48. The molecule has 2 bridgehead atoms. The zero-order valence-electron chi connectivity index (χ0n) is 97.9. The van der Waals surface area contributed by atoms with Crippen LogP contribution in [-0.2, 0) is 77.8 Å². The number of amides is 1. The molecule has 2 N–H and O–H groups in total. The number of methoxy groups -OCH3 is 1. The van der Waals surface area contributed by atoms with Crippen molar-refractivity contribution in [1.82, 2.24) is 5.32 Å². The van der Waals surface area contributed by atoms with Crippen molar-refractivity contribution in [1.29, 1.82) is 0 Å². The van der Waals surface area contributed by atoms with Gasteiger partial charge in [-0.3, -0.25) is 9.59 Å². The number of hydrogen-bond donors (Lipinski definition) is 2. The highest BCUT2D eigenvalue weighted by Crippen LogP contribution is 2.50. The van der Waals surface area contributed by atoms with E-state index >= 15 is 14.4 Å². The van der Waals surface area contributed by atoms with Crippen LogP contribution in [0, 0.1) is 17.8 Å². The molecule has 2 aromatic rings. The van der Waals surface area contributed by atoms with E-state index in [1.54, 1.807) is 7.11 Å². The summed E-state index contributed by atoms with van der Waals surface area (Å²) in [6.07, 6.45) is 21.1. The molecule has 146 heavy (non-hydrogen) atoms. The molecule has 1 amide bonds. The number of carbonyl (C=O) groups is 3. The number of fused-ring (bicyclic) bond motifs is 5. The topological polar surface area (TPSA) is 222 Å². The number of carboxylic acid groups (broad SMARTS) is 1.